The van der Waals surface area contributed by atoms with Crippen LogP contribution in [0.25, 0.3) is 0 Å². The molecule has 1 amide bonds. The smallest absolute Gasteiger partial charge is 0.422 e. The van der Waals surface area contributed by atoms with Crippen molar-refractivity contribution < 1.29 is 32.6 Å². The molecule has 0 aliphatic carbocycles. The Morgan fingerprint density at radius 3 is 2.19 bits per heavy atom. The van der Waals surface area contributed by atoms with E-state index in [0.29, 0.717) is 5.56 Å². The zero-order valence-electron chi connectivity index (χ0n) is 14.4. The molecule has 2 aromatic carbocycles. The van der Waals surface area contributed by atoms with Gasteiger partial charge in [0.2, 0.25) is 0 Å². The van der Waals surface area contributed by atoms with Crippen LogP contribution in [0.5, 0.6) is 5.75 Å². The van der Waals surface area contributed by atoms with Gasteiger partial charge in [0.25, 0.3) is 5.91 Å². The number of halogens is 3. The maximum atomic E-state index is 12.5. The van der Waals surface area contributed by atoms with Gasteiger partial charge in [-0.1, -0.05) is 30.3 Å². The maximum absolute atomic E-state index is 12.5. The molecule has 27 heavy (non-hydrogen) atoms. The van der Waals surface area contributed by atoms with Crippen LogP contribution in [-0.4, -0.2) is 29.8 Å². The van der Waals surface area contributed by atoms with E-state index in [1.54, 1.807) is 30.3 Å². The molecule has 0 radical (unpaired) electrons. The SMILES string of the molecule is CC(C(=O)O)C(NC(=O)c1ccc(OCC(F)(F)F)cc1)c1ccccc1. The number of carboxylic acids is 1. The number of amides is 1. The van der Waals surface area contributed by atoms with Gasteiger partial charge in [-0.3, -0.25) is 9.59 Å². The minimum Gasteiger partial charge on any atom is -0.484 e. The Balaban J connectivity index is 2.12. The first kappa shape index (κ1) is 20.3. The summed E-state index contributed by atoms with van der Waals surface area (Å²) in [6.07, 6.45) is -4.45. The van der Waals surface area contributed by atoms with E-state index in [-0.39, 0.29) is 11.3 Å². The fourth-order valence-electron chi connectivity index (χ4n) is 2.39. The van der Waals surface area contributed by atoms with E-state index >= 15 is 0 Å². The molecule has 8 heteroatoms. The van der Waals surface area contributed by atoms with Gasteiger partial charge in [-0.2, -0.15) is 13.2 Å². The summed E-state index contributed by atoms with van der Waals surface area (Å²) in [5, 5.41) is 12.0. The van der Waals surface area contributed by atoms with Gasteiger partial charge < -0.3 is 15.2 Å². The standard InChI is InChI=1S/C19H18F3NO4/c1-12(18(25)26)16(13-5-3-2-4-6-13)23-17(24)14-7-9-15(10-8-14)27-11-19(20,21)22/h2-10,12,16H,11H2,1H3,(H,23,24)(H,25,26). The molecule has 0 fully saturated rings. The first-order valence-electron chi connectivity index (χ1n) is 8.05. The molecular formula is C19H18F3NO4. The summed E-state index contributed by atoms with van der Waals surface area (Å²) in [5.41, 5.74) is 0.804. The number of carbonyl (C=O) groups excluding carboxylic acids is 1. The lowest BCUT2D eigenvalue weighted by Gasteiger charge is -2.23. The first-order valence-corrected chi connectivity index (χ1v) is 8.05. The van der Waals surface area contributed by atoms with Gasteiger partial charge in [0.05, 0.1) is 12.0 Å². The number of alkyl halides is 3. The van der Waals surface area contributed by atoms with Crippen molar-refractivity contribution in [2.75, 3.05) is 6.61 Å². The van der Waals surface area contributed by atoms with Crippen LogP contribution in [0.3, 0.4) is 0 Å². The van der Waals surface area contributed by atoms with Gasteiger partial charge in [-0.15, -0.1) is 0 Å². The predicted octanol–water partition coefficient (Wildman–Crippen LogP) is 3.82. The number of rotatable bonds is 7. The molecule has 0 aliphatic rings. The molecule has 0 aliphatic heterocycles. The van der Waals surface area contributed by atoms with Crippen molar-refractivity contribution in [3.63, 3.8) is 0 Å². The molecule has 2 rings (SSSR count). The Morgan fingerprint density at radius 2 is 1.67 bits per heavy atom. The summed E-state index contributed by atoms with van der Waals surface area (Å²) in [6, 6.07) is 13.0. The average Bonchev–Trinajstić information content (AvgIpc) is 2.64. The van der Waals surface area contributed by atoms with Crippen LogP contribution in [-0.2, 0) is 4.79 Å². The number of benzene rings is 2. The third-order valence-electron chi connectivity index (χ3n) is 3.85. The van der Waals surface area contributed by atoms with Gasteiger partial charge >= 0.3 is 12.1 Å². The molecule has 2 atom stereocenters. The molecule has 0 aromatic heterocycles. The second-order valence-electron chi connectivity index (χ2n) is 5.92. The quantitative estimate of drug-likeness (QED) is 0.765. The normalized spacial score (nSPS) is 13.5. The predicted molar refractivity (Wildman–Crippen MR) is 91.4 cm³/mol. The van der Waals surface area contributed by atoms with E-state index in [2.05, 4.69) is 10.1 Å². The van der Waals surface area contributed by atoms with Crippen molar-refractivity contribution in [2.45, 2.75) is 19.1 Å². The van der Waals surface area contributed by atoms with Crippen LogP contribution in [0.4, 0.5) is 13.2 Å². The molecule has 0 saturated heterocycles. The van der Waals surface area contributed by atoms with Crippen molar-refractivity contribution in [1.29, 1.82) is 0 Å². The Bertz CT molecular complexity index is 776. The molecule has 2 aromatic rings. The van der Waals surface area contributed by atoms with Gasteiger partial charge in [-0.05, 0) is 36.8 Å². The fourth-order valence-corrected chi connectivity index (χ4v) is 2.39. The molecule has 2 N–H and O–H groups in total. The van der Waals surface area contributed by atoms with Crippen LogP contribution >= 0.6 is 0 Å². The highest BCUT2D eigenvalue weighted by Crippen LogP contribution is 2.23. The third kappa shape index (κ3) is 6.02. The zero-order chi connectivity index (χ0) is 20.0. The molecule has 144 valence electrons. The van der Waals surface area contributed by atoms with Gasteiger partial charge in [0, 0.05) is 5.56 Å². The summed E-state index contributed by atoms with van der Waals surface area (Å²) in [5.74, 6) is -2.52. The topological polar surface area (TPSA) is 75.6 Å². The number of ether oxygens (including phenoxy) is 1. The first-order chi connectivity index (χ1) is 12.7. The second-order valence-corrected chi connectivity index (χ2v) is 5.92. The number of hydrogen-bond donors (Lipinski definition) is 2. The summed E-state index contributed by atoms with van der Waals surface area (Å²) in [4.78, 5) is 23.8. The van der Waals surface area contributed by atoms with E-state index in [0.717, 1.165) is 0 Å². The minimum atomic E-state index is -4.45. The Kier molecular flexibility index (Phi) is 6.44. The monoisotopic (exact) mass is 381 g/mol. The number of hydrogen-bond acceptors (Lipinski definition) is 3. The number of carbonyl (C=O) groups is 2. The number of nitrogens with one attached hydrogen (secondary N) is 1. The number of carboxylic acid groups (broad SMARTS) is 1. The van der Waals surface area contributed by atoms with E-state index in [4.69, 9.17) is 0 Å². The molecule has 2 unspecified atom stereocenters. The highest BCUT2D eigenvalue weighted by molar-refractivity contribution is 5.94. The van der Waals surface area contributed by atoms with Crippen LogP contribution in [0.2, 0.25) is 0 Å². The largest absolute Gasteiger partial charge is 0.484 e. The average molecular weight is 381 g/mol. The second kappa shape index (κ2) is 8.57. The molecule has 5 nitrogen and oxygen atoms in total. The fraction of sp³-hybridized carbons (Fsp3) is 0.263. The van der Waals surface area contributed by atoms with Crippen molar-refractivity contribution in [3.8, 4) is 5.75 Å². The zero-order valence-corrected chi connectivity index (χ0v) is 14.4. The van der Waals surface area contributed by atoms with Crippen molar-refractivity contribution in [3.05, 3.63) is 65.7 Å². The van der Waals surface area contributed by atoms with Crippen molar-refractivity contribution in [1.82, 2.24) is 5.32 Å². The van der Waals surface area contributed by atoms with Gasteiger partial charge in [-0.25, -0.2) is 0 Å². The summed E-state index contributed by atoms with van der Waals surface area (Å²) >= 11 is 0. The highest BCUT2D eigenvalue weighted by Gasteiger charge is 2.29. The molecule has 0 saturated carbocycles. The van der Waals surface area contributed by atoms with Gasteiger partial charge in [0.15, 0.2) is 6.61 Å². The lowest BCUT2D eigenvalue weighted by molar-refractivity contribution is -0.153. The summed E-state index contributed by atoms with van der Waals surface area (Å²) < 4.78 is 41.1. The Morgan fingerprint density at radius 1 is 1.07 bits per heavy atom. The summed E-state index contributed by atoms with van der Waals surface area (Å²) in [7, 11) is 0. The van der Waals surface area contributed by atoms with Crippen LogP contribution in [0, 0.1) is 5.92 Å². The maximum Gasteiger partial charge on any atom is 0.422 e. The highest BCUT2D eigenvalue weighted by atomic mass is 19.4. The van der Waals surface area contributed by atoms with E-state index in [1.165, 1.54) is 31.2 Å². The van der Waals surface area contributed by atoms with Crippen LogP contribution < -0.4 is 10.1 Å². The van der Waals surface area contributed by atoms with Crippen molar-refractivity contribution in [2.24, 2.45) is 5.92 Å². The lowest BCUT2D eigenvalue weighted by Crippen LogP contribution is -2.35. The van der Waals surface area contributed by atoms with E-state index in [1.807, 2.05) is 0 Å². The Hall–Kier alpha value is -3.03. The third-order valence-corrected chi connectivity index (χ3v) is 3.85. The molecule has 0 bridgehead atoms. The molecule has 0 spiro atoms. The van der Waals surface area contributed by atoms with E-state index < -0.39 is 36.6 Å². The molecule has 0 heterocycles. The summed E-state index contributed by atoms with van der Waals surface area (Å²) in [6.45, 7) is 0.0547. The van der Waals surface area contributed by atoms with Crippen LogP contribution in [0.1, 0.15) is 28.9 Å². The van der Waals surface area contributed by atoms with Crippen molar-refractivity contribution >= 4 is 11.9 Å². The number of aliphatic carboxylic acids is 1. The van der Waals surface area contributed by atoms with Gasteiger partial charge in [0.1, 0.15) is 5.75 Å². The molecular weight excluding hydrogens is 363 g/mol. The Labute approximate surface area is 153 Å². The minimum absolute atomic E-state index is 0.0256. The van der Waals surface area contributed by atoms with Crippen LogP contribution in [0.15, 0.2) is 54.6 Å². The lowest BCUT2D eigenvalue weighted by atomic mass is 9.94. The van der Waals surface area contributed by atoms with E-state index in [9.17, 15) is 27.9 Å².